The minimum Gasteiger partial charge on any atom is -0.356 e. The Labute approximate surface area is 110 Å². The number of carbonyl (C=O) groups excluding carboxylic acids is 1. The molecule has 1 amide bonds. The summed E-state index contributed by atoms with van der Waals surface area (Å²) in [5.41, 5.74) is 0.236. The summed E-state index contributed by atoms with van der Waals surface area (Å²) in [6.07, 6.45) is 5.38. The van der Waals surface area contributed by atoms with Gasteiger partial charge in [0.05, 0.1) is 0 Å². The van der Waals surface area contributed by atoms with Crippen LogP contribution in [0, 0.1) is 0 Å². The fraction of sp³-hybridized carbons (Fsp3) is 0.929. The van der Waals surface area contributed by atoms with Crippen LogP contribution in [0.1, 0.15) is 46.0 Å². The lowest BCUT2D eigenvalue weighted by Crippen LogP contribution is -2.51. The molecule has 2 rings (SSSR count). The van der Waals surface area contributed by atoms with Gasteiger partial charge in [0.15, 0.2) is 0 Å². The second-order valence-electron chi connectivity index (χ2n) is 6.26. The lowest BCUT2D eigenvalue weighted by atomic mass is 10.0. The number of rotatable bonds is 4. The molecule has 0 aromatic rings. The van der Waals surface area contributed by atoms with E-state index in [-0.39, 0.29) is 11.4 Å². The SMILES string of the molecule is CC(C)(CNC1CCNC(=O)CC1)N1CCCC1. The first-order valence-corrected chi connectivity index (χ1v) is 7.33. The molecule has 2 saturated heterocycles. The number of amides is 1. The van der Waals surface area contributed by atoms with Gasteiger partial charge in [-0.1, -0.05) is 0 Å². The van der Waals surface area contributed by atoms with Crippen molar-refractivity contribution in [2.75, 3.05) is 26.2 Å². The highest BCUT2D eigenvalue weighted by molar-refractivity contribution is 5.76. The average molecular weight is 253 g/mol. The molecular weight excluding hydrogens is 226 g/mol. The Hall–Kier alpha value is -0.610. The third kappa shape index (κ3) is 3.69. The summed E-state index contributed by atoms with van der Waals surface area (Å²) in [5, 5.41) is 6.60. The molecule has 2 aliphatic rings. The smallest absolute Gasteiger partial charge is 0.220 e. The van der Waals surface area contributed by atoms with Crippen LogP contribution in [0.15, 0.2) is 0 Å². The maximum absolute atomic E-state index is 11.3. The van der Waals surface area contributed by atoms with Gasteiger partial charge in [0.1, 0.15) is 0 Å². The van der Waals surface area contributed by atoms with Gasteiger partial charge in [0, 0.05) is 31.1 Å². The quantitative estimate of drug-likeness (QED) is 0.789. The average Bonchev–Trinajstić information content (AvgIpc) is 2.79. The van der Waals surface area contributed by atoms with Crippen molar-refractivity contribution < 1.29 is 4.79 Å². The highest BCUT2D eigenvalue weighted by Gasteiger charge is 2.29. The van der Waals surface area contributed by atoms with E-state index >= 15 is 0 Å². The van der Waals surface area contributed by atoms with E-state index in [0.29, 0.717) is 12.5 Å². The molecule has 0 aromatic heterocycles. The van der Waals surface area contributed by atoms with E-state index in [2.05, 4.69) is 29.4 Å². The largest absolute Gasteiger partial charge is 0.356 e. The van der Waals surface area contributed by atoms with Crippen molar-refractivity contribution in [1.29, 1.82) is 0 Å². The molecule has 104 valence electrons. The monoisotopic (exact) mass is 253 g/mol. The Morgan fingerprint density at radius 2 is 2.06 bits per heavy atom. The standard InChI is InChI=1S/C14H27N3O/c1-14(2,17-9-3-4-10-17)11-16-12-5-6-13(18)15-8-7-12/h12,16H,3-11H2,1-2H3,(H,15,18). The van der Waals surface area contributed by atoms with E-state index in [1.807, 2.05) is 0 Å². The molecule has 2 fully saturated rings. The Balaban J connectivity index is 1.77. The van der Waals surface area contributed by atoms with E-state index in [1.165, 1.54) is 25.9 Å². The summed E-state index contributed by atoms with van der Waals surface area (Å²) in [5.74, 6) is 0.207. The number of hydrogen-bond donors (Lipinski definition) is 2. The molecular formula is C14H27N3O. The van der Waals surface area contributed by atoms with Gasteiger partial charge in [-0.05, 0) is 52.6 Å². The van der Waals surface area contributed by atoms with Gasteiger partial charge in [0.25, 0.3) is 0 Å². The van der Waals surface area contributed by atoms with E-state index in [9.17, 15) is 4.79 Å². The Bertz CT molecular complexity index is 285. The van der Waals surface area contributed by atoms with E-state index in [0.717, 1.165) is 25.9 Å². The van der Waals surface area contributed by atoms with Crippen molar-refractivity contribution in [2.24, 2.45) is 0 Å². The molecule has 4 heteroatoms. The highest BCUT2D eigenvalue weighted by atomic mass is 16.1. The molecule has 1 unspecified atom stereocenters. The maximum Gasteiger partial charge on any atom is 0.220 e. The van der Waals surface area contributed by atoms with Crippen LogP contribution in [-0.2, 0) is 4.79 Å². The van der Waals surface area contributed by atoms with Crippen molar-refractivity contribution in [1.82, 2.24) is 15.5 Å². The number of likely N-dealkylation sites (tertiary alicyclic amines) is 1. The summed E-state index contributed by atoms with van der Waals surface area (Å²) < 4.78 is 0. The second-order valence-corrected chi connectivity index (χ2v) is 6.26. The Kier molecular flexibility index (Phi) is 4.62. The fourth-order valence-corrected chi connectivity index (χ4v) is 2.96. The molecule has 0 aliphatic carbocycles. The number of hydrogen-bond acceptors (Lipinski definition) is 3. The zero-order valence-corrected chi connectivity index (χ0v) is 11.8. The zero-order chi connectivity index (χ0) is 13.0. The van der Waals surface area contributed by atoms with Crippen molar-refractivity contribution in [3.63, 3.8) is 0 Å². The van der Waals surface area contributed by atoms with Crippen molar-refractivity contribution in [2.45, 2.75) is 57.5 Å². The van der Waals surface area contributed by atoms with Crippen LogP contribution in [0.2, 0.25) is 0 Å². The third-order valence-electron chi connectivity index (χ3n) is 4.32. The Morgan fingerprint density at radius 1 is 1.33 bits per heavy atom. The second kappa shape index (κ2) is 6.02. The number of carbonyl (C=O) groups is 1. The fourth-order valence-electron chi connectivity index (χ4n) is 2.96. The molecule has 2 aliphatic heterocycles. The molecule has 0 spiro atoms. The van der Waals surface area contributed by atoms with Gasteiger partial charge in [-0.25, -0.2) is 0 Å². The van der Waals surface area contributed by atoms with E-state index < -0.39 is 0 Å². The van der Waals surface area contributed by atoms with Crippen molar-refractivity contribution in [3.05, 3.63) is 0 Å². The first-order chi connectivity index (χ1) is 8.58. The van der Waals surface area contributed by atoms with Gasteiger partial charge in [-0.15, -0.1) is 0 Å². The number of nitrogens with zero attached hydrogens (tertiary/aromatic N) is 1. The molecule has 0 saturated carbocycles. The molecule has 2 N–H and O–H groups in total. The van der Waals surface area contributed by atoms with Crippen LogP contribution < -0.4 is 10.6 Å². The summed E-state index contributed by atoms with van der Waals surface area (Å²) in [6, 6.07) is 0.492. The zero-order valence-electron chi connectivity index (χ0n) is 11.8. The third-order valence-corrected chi connectivity index (χ3v) is 4.32. The van der Waals surface area contributed by atoms with E-state index in [1.54, 1.807) is 0 Å². The molecule has 4 nitrogen and oxygen atoms in total. The van der Waals surface area contributed by atoms with Crippen LogP contribution in [0.5, 0.6) is 0 Å². The topological polar surface area (TPSA) is 44.4 Å². The molecule has 0 aromatic carbocycles. The van der Waals surface area contributed by atoms with Gasteiger partial charge >= 0.3 is 0 Å². The summed E-state index contributed by atoms with van der Waals surface area (Å²) >= 11 is 0. The van der Waals surface area contributed by atoms with Crippen LogP contribution in [-0.4, -0.2) is 48.6 Å². The first kappa shape index (κ1) is 13.8. The van der Waals surface area contributed by atoms with Crippen LogP contribution in [0.4, 0.5) is 0 Å². The normalized spacial score (nSPS) is 27.0. The summed E-state index contributed by atoms with van der Waals surface area (Å²) in [7, 11) is 0. The van der Waals surface area contributed by atoms with Gasteiger partial charge in [-0.2, -0.15) is 0 Å². The molecule has 2 heterocycles. The Morgan fingerprint density at radius 3 is 2.78 bits per heavy atom. The minimum atomic E-state index is 0.207. The van der Waals surface area contributed by atoms with Gasteiger partial charge in [0.2, 0.25) is 5.91 Å². The predicted octanol–water partition coefficient (Wildman–Crippen LogP) is 1.12. The molecule has 18 heavy (non-hydrogen) atoms. The summed E-state index contributed by atoms with van der Waals surface area (Å²) in [6.45, 7) is 8.96. The van der Waals surface area contributed by atoms with Crippen LogP contribution >= 0.6 is 0 Å². The molecule has 0 radical (unpaired) electrons. The van der Waals surface area contributed by atoms with Crippen LogP contribution in [0.25, 0.3) is 0 Å². The van der Waals surface area contributed by atoms with Crippen LogP contribution in [0.3, 0.4) is 0 Å². The number of nitrogens with one attached hydrogen (secondary N) is 2. The van der Waals surface area contributed by atoms with Crippen molar-refractivity contribution in [3.8, 4) is 0 Å². The predicted molar refractivity (Wildman–Crippen MR) is 73.5 cm³/mol. The van der Waals surface area contributed by atoms with Crippen molar-refractivity contribution >= 4 is 5.91 Å². The maximum atomic E-state index is 11.3. The van der Waals surface area contributed by atoms with Gasteiger partial charge in [-0.3, -0.25) is 9.69 Å². The van der Waals surface area contributed by atoms with Gasteiger partial charge < -0.3 is 10.6 Å². The minimum absolute atomic E-state index is 0.207. The lowest BCUT2D eigenvalue weighted by Gasteiger charge is -2.37. The molecule has 1 atom stereocenters. The molecule has 0 bridgehead atoms. The van der Waals surface area contributed by atoms with E-state index in [4.69, 9.17) is 0 Å². The highest BCUT2D eigenvalue weighted by Crippen LogP contribution is 2.20. The first-order valence-electron chi connectivity index (χ1n) is 7.33. The lowest BCUT2D eigenvalue weighted by molar-refractivity contribution is -0.120. The summed E-state index contributed by atoms with van der Waals surface area (Å²) in [4.78, 5) is 13.9.